The van der Waals surface area contributed by atoms with E-state index in [0.717, 1.165) is 30.0 Å². The van der Waals surface area contributed by atoms with Crippen LogP contribution in [0.5, 0.6) is 0 Å². The molecular weight excluding hydrogens is 293 g/mol. The van der Waals surface area contributed by atoms with Gasteiger partial charge in [-0.3, -0.25) is 0 Å². The van der Waals surface area contributed by atoms with Crippen molar-refractivity contribution in [2.24, 2.45) is 5.92 Å². The molecule has 108 valence electrons. The largest absolute Gasteiger partial charge is 0.311 e. The van der Waals surface area contributed by atoms with E-state index in [0.29, 0.717) is 16.0 Å². The van der Waals surface area contributed by atoms with E-state index in [2.05, 4.69) is 24.3 Å². The Bertz CT molecular complexity index is 591. The SMILES string of the molecule is Cc1cc(Cl)c(-n2ccc(CNCC(C)C)n2)cc1Cl. The summed E-state index contributed by atoms with van der Waals surface area (Å²) < 4.78 is 1.76. The number of nitrogens with zero attached hydrogens (tertiary/aromatic N) is 2. The minimum Gasteiger partial charge on any atom is -0.311 e. The van der Waals surface area contributed by atoms with Crippen LogP contribution < -0.4 is 5.32 Å². The topological polar surface area (TPSA) is 29.9 Å². The zero-order valence-corrected chi connectivity index (χ0v) is 13.5. The molecule has 1 aromatic carbocycles. The maximum absolute atomic E-state index is 6.26. The van der Waals surface area contributed by atoms with E-state index in [1.54, 1.807) is 4.68 Å². The zero-order valence-electron chi connectivity index (χ0n) is 12.0. The molecule has 0 bridgehead atoms. The lowest BCUT2D eigenvalue weighted by molar-refractivity contribution is 0.546. The number of hydrogen-bond donors (Lipinski definition) is 1. The minimum absolute atomic E-state index is 0.627. The lowest BCUT2D eigenvalue weighted by Gasteiger charge is -2.08. The predicted molar refractivity (Wildman–Crippen MR) is 84.9 cm³/mol. The summed E-state index contributed by atoms with van der Waals surface area (Å²) in [5, 5.41) is 9.23. The lowest BCUT2D eigenvalue weighted by Crippen LogP contribution is -2.19. The van der Waals surface area contributed by atoms with Crippen LogP contribution in [-0.2, 0) is 6.54 Å². The van der Waals surface area contributed by atoms with Gasteiger partial charge in [-0.1, -0.05) is 37.0 Å². The maximum Gasteiger partial charge on any atom is 0.0846 e. The first-order valence-electron chi connectivity index (χ1n) is 6.68. The molecule has 0 aliphatic carbocycles. The summed E-state index contributed by atoms with van der Waals surface area (Å²) in [6, 6.07) is 5.69. The van der Waals surface area contributed by atoms with Crippen LogP contribution in [0.4, 0.5) is 0 Å². The van der Waals surface area contributed by atoms with E-state index >= 15 is 0 Å². The fourth-order valence-electron chi connectivity index (χ4n) is 1.89. The number of aryl methyl sites for hydroxylation is 1. The highest BCUT2D eigenvalue weighted by atomic mass is 35.5. The second-order valence-electron chi connectivity index (χ2n) is 5.33. The average Bonchev–Trinajstić information content (AvgIpc) is 2.82. The Morgan fingerprint density at radius 2 is 2.00 bits per heavy atom. The number of hydrogen-bond acceptors (Lipinski definition) is 2. The van der Waals surface area contributed by atoms with Gasteiger partial charge in [-0.25, -0.2) is 4.68 Å². The van der Waals surface area contributed by atoms with Crippen molar-refractivity contribution in [1.82, 2.24) is 15.1 Å². The molecule has 0 aliphatic heterocycles. The molecule has 0 spiro atoms. The van der Waals surface area contributed by atoms with Crippen molar-refractivity contribution in [2.45, 2.75) is 27.3 Å². The van der Waals surface area contributed by atoms with Crippen LogP contribution >= 0.6 is 23.2 Å². The molecule has 0 fully saturated rings. The molecule has 5 heteroatoms. The Morgan fingerprint density at radius 1 is 1.25 bits per heavy atom. The number of benzene rings is 1. The molecular formula is C15H19Cl2N3. The van der Waals surface area contributed by atoms with Gasteiger partial charge in [0.15, 0.2) is 0 Å². The Kier molecular flexibility index (Phi) is 5.08. The van der Waals surface area contributed by atoms with Crippen molar-refractivity contribution in [3.05, 3.63) is 45.7 Å². The molecule has 3 nitrogen and oxygen atoms in total. The molecule has 0 unspecified atom stereocenters. The van der Waals surface area contributed by atoms with Gasteiger partial charge in [-0.15, -0.1) is 0 Å². The highest BCUT2D eigenvalue weighted by Crippen LogP contribution is 2.27. The number of halogens is 2. The van der Waals surface area contributed by atoms with E-state index in [-0.39, 0.29) is 0 Å². The molecule has 20 heavy (non-hydrogen) atoms. The number of rotatable bonds is 5. The normalized spacial score (nSPS) is 11.3. The molecule has 0 saturated heterocycles. The van der Waals surface area contributed by atoms with Crippen LogP contribution in [0.1, 0.15) is 25.1 Å². The Balaban J connectivity index is 2.14. The first-order valence-corrected chi connectivity index (χ1v) is 7.44. The summed E-state index contributed by atoms with van der Waals surface area (Å²) in [5.41, 5.74) is 2.75. The summed E-state index contributed by atoms with van der Waals surface area (Å²) in [5.74, 6) is 0.627. The van der Waals surface area contributed by atoms with Crippen molar-refractivity contribution in [2.75, 3.05) is 6.54 Å². The quantitative estimate of drug-likeness (QED) is 0.895. The molecule has 0 atom stereocenters. The van der Waals surface area contributed by atoms with Crippen LogP contribution in [0.15, 0.2) is 24.4 Å². The first-order chi connectivity index (χ1) is 9.47. The van der Waals surface area contributed by atoms with Crippen LogP contribution in [0, 0.1) is 12.8 Å². The minimum atomic E-state index is 0.627. The highest BCUT2D eigenvalue weighted by molar-refractivity contribution is 6.35. The van der Waals surface area contributed by atoms with Gasteiger partial charge >= 0.3 is 0 Å². The fourth-order valence-corrected chi connectivity index (χ4v) is 2.35. The summed E-state index contributed by atoms with van der Waals surface area (Å²) in [6.07, 6.45) is 1.90. The van der Waals surface area contributed by atoms with Gasteiger partial charge in [0.2, 0.25) is 0 Å². The molecule has 0 aliphatic rings. The van der Waals surface area contributed by atoms with E-state index in [1.165, 1.54) is 0 Å². The first kappa shape index (κ1) is 15.4. The second-order valence-corrected chi connectivity index (χ2v) is 6.14. The van der Waals surface area contributed by atoms with Crippen LogP contribution in [-0.4, -0.2) is 16.3 Å². The monoisotopic (exact) mass is 311 g/mol. The smallest absolute Gasteiger partial charge is 0.0846 e. The predicted octanol–water partition coefficient (Wildman–Crippen LogP) is 4.23. The molecule has 1 heterocycles. The molecule has 0 saturated carbocycles. The van der Waals surface area contributed by atoms with Crippen molar-refractivity contribution >= 4 is 23.2 Å². The third kappa shape index (κ3) is 3.75. The van der Waals surface area contributed by atoms with E-state index in [9.17, 15) is 0 Å². The molecule has 1 N–H and O–H groups in total. The van der Waals surface area contributed by atoms with Crippen molar-refractivity contribution in [3.63, 3.8) is 0 Å². The highest BCUT2D eigenvalue weighted by Gasteiger charge is 2.08. The molecule has 2 aromatic rings. The van der Waals surface area contributed by atoms with Crippen LogP contribution in [0.2, 0.25) is 10.0 Å². The summed E-state index contributed by atoms with van der Waals surface area (Å²) in [7, 11) is 0. The van der Waals surface area contributed by atoms with Gasteiger partial charge in [0, 0.05) is 17.8 Å². The molecule has 2 rings (SSSR count). The number of nitrogens with one attached hydrogen (secondary N) is 1. The van der Waals surface area contributed by atoms with Gasteiger partial charge in [0.1, 0.15) is 0 Å². The van der Waals surface area contributed by atoms with Crippen molar-refractivity contribution < 1.29 is 0 Å². The summed E-state index contributed by atoms with van der Waals surface area (Å²) >= 11 is 12.4. The average molecular weight is 312 g/mol. The fraction of sp³-hybridized carbons (Fsp3) is 0.400. The van der Waals surface area contributed by atoms with Gasteiger partial charge in [-0.2, -0.15) is 5.10 Å². The summed E-state index contributed by atoms with van der Waals surface area (Å²) in [4.78, 5) is 0. The van der Waals surface area contributed by atoms with Gasteiger partial charge in [0.05, 0.1) is 16.4 Å². The van der Waals surface area contributed by atoms with Crippen LogP contribution in [0.3, 0.4) is 0 Å². The maximum atomic E-state index is 6.26. The van der Waals surface area contributed by atoms with Gasteiger partial charge < -0.3 is 5.32 Å². The van der Waals surface area contributed by atoms with E-state index < -0.39 is 0 Å². The third-order valence-corrected chi connectivity index (χ3v) is 3.69. The number of aromatic nitrogens is 2. The molecule has 1 aromatic heterocycles. The second kappa shape index (κ2) is 6.61. The Labute approximate surface area is 129 Å². The standard InChI is InChI=1S/C15H19Cl2N3/c1-10(2)8-18-9-12-4-5-20(19-12)15-7-13(16)11(3)6-14(15)17/h4-7,10,18H,8-9H2,1-3H3. The third-order valence-electron chi connectivity index (χ3n) is 2.98. The Morgan fingerprint density at radius 3 is 2.70 bits per heavy atom. The van der Waals surface area contributed by atoms with Gasteiger partial charge in [0.25, 0.3) is 0 Å². The Hall–Kier alpha value is -1.03. The van der Waals surface area contributed by atoms with Crippen molar-refractivity contribution in [3.8, 4) is 5.69 Å². The van der Waals surface area contributed by atoms with E-state index in [4.69, 9.17) is 23.2 Å². The lowest BCUT2D eigenvalue weighted by atomic mass is 10.2. The summed E-state index contributed by atoms with van der Waals surface area (Å²) in [6.45, 7) is 8.02. The van der Waals surface area contributed by atoms with Crippen molar-refractivity contribution in [1.29, 1.82) is 0 Å². The zero-order chi connectivity index (χ0) is 14.7. The van der Waals surface area contributed by atoms with Crippen LogP contribution in [0.25, 0.3) is 5.69 Å². The molecule has 0 amide bonds. The molecule has 0 radical (unpaired) electrons. The van der Waals surface area contributed by atoms with Gasteiger partial charge in [-0.05, 0) is 43.1 Å². The van der Waals surface area contributed by atoms with E-state index in [1.807, 2.05) is 31.3 Å².